The molecule has 1 atom stereocenters. The molecule has 1 aliphatic heterocycles. The lowest BCUT2D eigenvalue weighted by molar-refractivity contribution is -0.126. The Bertz CT molecular complexity index is 1140. The van der Waals surface area contributed by atoms with Gasteiger partial charge in [-0.3, -0.25) is 19.2 Å². The molecule has 7 heteroatoms. The highest BCUT2D eigenvalue weighted by Gasteiger charge is 2.49. The molecule has 1 N–H and O–H groups in total. The van der Waals surface area contributed by atoms with Crippen LogP contribution in [0.15, 0.2) is 54.6 Å². The Labute approximate surface area is 181 Å². The second kappa shape index (κ2) is 7.91. The van der Waals surface area contributed by atoms with E-state index in [2.05, 4.69) is 10.4 Å². The molecule has 2 heterocycles. The number of hydrogen-bond acceptors (Lipinski definition) is 4. The number of benzene rings is 2. The van der Waals surface area contributed by atoms with Crippen molar-refractivity contribution in [1.82, 2.24) is 15.1 Å². The number of carbonyl (C=O) groups is 2. The molecular formula is C24H26N4O3. The third-order valence-corrected chi connectivity index (χ3v) is 5.66. The van der Waals surface area contributed by atoms with Gasteiger partial charge >= 0.3 is 0 Å². The first-order chi connectivity index (χ1) is 14.8. The standard InChI is InChI=1S/C24H26N4O3/c1-16-9-11-18(12-10-16)14-25-23(30)24(3)15-27-20(13-17(2)26-27)22(29)28(24)19-7-5-6-8-21(19)31-4/h5-13H,14-15H2,1-4H3,(H,25,30)/t24-/m1/s1. The Kier molecular flexibility index (Phi) is 5.27. The van der Waals surface area contributed by atoms with Gasteiger partial charge in [0, 0.05) is 6.54 Å². The number of aryl methyl sites for hydroxylation is 2. The maximum atomic E-state index is 13.6. The van der Waals surface area contributed by atoms with Crippen LogP contribution in [0.25, 0.3) is 0 Å². The summed E-state index contributed by atoms with van der Waals surface area (Å²) < 4.78 is 7.13. The normalized spacial score (nSPS) is 17.9. The minimum absolute atomic E-state index is 0.236. The molecule has 160 valence electrons. The molecule has 7 nitrogen and oxygen atoms in total. The number of carbonyl (C=O) groups excluding carboxylic acids is 2. The molecule has 0 saturated carbocycles. The van der Waals surface area contributed by atoms with Crippen LogP contribution in [0.4, 0.5) is 5.69 Å². The van der Waals surface area contributed by atoms with E-state index in [1.807, 2.05) is 50.2 Å². The molecule has 0 aliphatic carbocycles. The lowest BCUT2D eigenvalue weighted by Crippen LogP contribution is -2.64. The molecule has 0 radical (unpaired) electrons. The van der Waals surface area contributed by atoms with Crippen LogP contribution in [0.1, 0.15) is 34.2 Å². The number of nitrogens with one attached hydrogen (secondary N) is 1. The van der Waals surface area contributed by atoms with E-state index in [1.165, 1.54) is 4.90 Å². The zero-order valence-corrected chi connectivity index (χ0v) is 18.2. The Balaban J connectivity index is 1.73. The number of hydrogen-bond donors (Lipinski definition) is 1. The maximum Gasteiger partial charge on any atom is 0.277 e. The van der Waals surface area contributed by atoms with Crippen LogP contribution in [0, 0.1) is 13.8 Å². The Morgan fingerprint density at radius 2 is 1.87 bits per heavy atom. The minimum Gasteiger partial charge on any atom is -0.495 e. The predicted molar refractivity (Wildman–Crippen MR) is 118 cm³/mol. The molecule has 0 fully saturated rings. The van der Waals surface area contributed by atoms with Crippen LogP contribution < -0.4 is 15.0 Å². The van der Waals surface area contributed by atoms with Gasteiger partial charge in [-0.25, -0.2) is 0 Å². The first-order valence-electron chi connectivity index (χ1n) is 10.2. The smallest absolute Gasteiger partial charge is 0.277 e. The van der Waals surface area contributed by atoms with E-state index in [9.17, 15) is 9.59 Å². The highest BCUT2D eigenvalue weighted by atomic mass is 16.5. The molecule has 1 aliphatic rings. The first kappa shape index (κ1) is 20.7. The van der Waals surface area contributed by atoms with E-state index < -0.39 is 5.54 Å². The molecule has 2 amide bonds. The van der Waals surface area contributed by atoms with Crippen molar-refractivity contribution in [2.75, 3.05) is 12.0 Å². The van der Waals surface area contributed by atoms with Crippen LogP contribution in [0.2, 0.25) is 0 Å². The van der Waals surface area contributed by atoms with E-state index in [-0.39, 0.29) is 18.4 Å². The number of rotatable bonds is 5. The van der Waals surface area contributed by atoms with Crippen molar-refractivity contribution in [3.8, 4) is 5.75 Å². The SMILES string of the molecule is COc1ccccc1N1C(=O)c2cc(C)nn2C[C@]1(C)C(=O)NCc1ccc(C)cc1. The second-order valence-electron chi connectivity index (χ2n) is 8.08. The topological polar surface area (TPSA) is 76.5 Å². The molecule has 2 aromatic carbocycles. The first-order valence-corrected chi connectivity index (χ1v) is 10.2. The zero-order chi connectivity index (χ0) is 22.2. The van der Waals surface area contributed by atoms with Gasteiger partial charge in [0.2, 0.25) is 5.91 Å². The van der Waals surface area contributed by atoms with Crippen molar-refractivity contribution in [3.63, 3.8) is 0 Å². The summed E-state index contributed by atoms with van der Waals surface area (Å²) in [6, 6.07) is 17.0. The summed E-state index contributed by atoms with van der Waals surface area (Å²) in [5.74, 6) is -0.0198. The molecule has 3 aromatic rings. The van der Waals surface area contributed by atoms with E-state index in [0.717, 1.165) is 16.8 Å². The van der Waals surface area contributed by atoms with Crippen molar-refractivity contribution >= 4 is 17.5 Å². The summed E-state index contributed by atoms with van der Waals surface area (Å²) >= 11 is 0. The van der Waals surface area contributed by atoms with Crippen molar-refractivity contribution in [2.45, 2.75) is 39.4 Å². The van der Waals surface area contributed by atoms with Crippen LogP contribution in [-0.4, -0.2) is 34.2 Å². The maximum absolute atomic E-state index is 13.6. The highest BCUT2D eigenvalue weighted by Crippen LogP contribution is 2.38. The third kappa shape index (κ3) is 3.67. The largest absolute Gasteiger partial charge is 0.495 e. The van der Waals surface area contributed by atoms with Crippen molar-refractivity contribution in [2.24, 2.45) is 0 Å². The van der Waals surface area contributed by atoms with E-state index >= 15 is 0 Å². The van der Waals surface area contributed by atoms with Gasteiger partial charge in [-0.15, -0.1) is 0 Å². The molecule has 0 bridgehead atoms. The highest BCUT2D eigenvalue weighted by molar-refractivity contribution is 6.12. The average molecular weight is 418 g/mol. The number of methoxy groups -OCH3 is 1. The van der Waals surface area contributed by atoms with Gasteiger partial charge in [-0.2, -0.15) is 5.10 Å². The molecule has 0 spiro atoms. The second-order valence-corrected chi connectivity index (χ2v) is 8.08. The summed E-state index contributed by atoms with van der Waals surface area (Å²) in [7, 11) is 1.55. The van der Waals surface area contributed by atoms with Crippen LogP contribution in [0.5, 0.6) is 5.75 Å². The van der Waals surface area contributed by atoms with Gasteiger partial charge in [0.25, 0.3) is 5.91 Å². The molecule has 1 aromatic heterocycles. The molecule has 31 heavy (non-hydrogen) atoms. The van der Waals surface area contributed by atoms with Gasteiger partial charge in [-0.05, 0) is 44.5 Å². The van der Waals surface area contributed by atoms with Crippen molar-refractivity contribution in [3.05, 3.63) is 77.1 Å². The number of amides is 2. The van der Waals surface area contributed by atoms with Gasteiger partial charge < -0.3 is 10.1 Å². The summed E-state index contributed by atoms with van der Waals surface area (Å²) in [6.45, 7) is 6.22. The predicted octanol–water partition coefficient (Wildman–Crippen LogP) is 3.24. The van der Waals surface area contributed by atoms with Crippen LogP contribution >= 0.6 is 0 Å². The quantitative estimate of drug-likeness (QED) is 0.690. The van der Waals surface area contributed by atoms with Crippen molar-refractivity contribution in [1.29, 1.82) is 0 Å². The fraction of sp³-hybridized carbons (Fsp3) is 0.292. The number of anilines is 1. The fourth-order valence-electron chi connectivity index (χ4n) is 3.98. The van der Waals surface area contributed by atoms with Crippen LogP contribution in [0.3, 0.4) is 0 Å². The Morgan fingerprint density at radius 3 is 2.58 bits per heavy atom. The Hall–Kier alpha value is -3.61. The lowest BCUT2D eigenvalue weighted by atomic mass is 9.93. The minimum atomic E-state index is -1.19. The number of fused-ring (bicyclic) bond motifs is 1. The van der Waals surface area contributed by atoms with Crippen molar-refractivity contribution < 1.29 is 14.3 Å². The fourth-order valence-corrected chi connectivity index (χ4v) is 3.98. The van der Waals surface area contributed by atoms with Gasteiger partial charge in [-0.1, -0.05) is 42.0 Å². The number of para-hydroxylation sites is 2. The number of ether oxygens (including phenoxy) is 1. The lowest BCUT2D eigenvalue weighted by Gasteiger charge is -2.43. The van der Waals surface area contributed by atoms with Gasteiger partial charge in [0.05, 0.1) is 25.0 Å². The molecule has 0 unspecified atom stereocenters. The Morgan fingerprint density at radius 1 is 1.16 bits per heavy atom. The van der Waals surface area contributed by atoms with E-state index in [4.69, 9.17) is 4.74 Å². The summed E-state index contributed by atoms with van der Waals surface area (Å²) in [5, 5.41) is 7.45. The number of aromatic nitrogens is 2. The molecular weight excluding hydrogens is 392 g/mol. The monoisotopic (exact) mass is 418 g/mol. The van der Waals surface area contributed by atoms with E-state index in [0.29, 0.717) is 23.7 Å². The summed E-state index contributed by atoms with van der Waals surface area (Å²) in [6.07, 6.45) is 0. The molecule has 0 saturated heterocycles. The summed E-state index contributed by atoms with van der Waals surface area (Å²) in [4.78, 5) is 28.6. The average Bonchev–Trinajstić information content (AvgIpc) is 3.13. The number of nitrogens with zero attached hydrogens (tertiary/aromatic N) is 3. The molecule has 4 rings (SSSR count). The third-order valence-electron chi connectivity index (χ3n) is 5.66. The van der Waals surface area contributed by atoms with Gasteiger partial charge in [0.15, 0.2) is 0 Å². The van der Waals surface area contributed by atoms with Crippen LogP contribution in [-0.2, 0) is 17.9 Å². The van der Waals surface area contributed by atoms with Gasteiger partial charge in [0.1, 0.15) is 17.0 Å². The summed E-state index contributed by atoms with van der Waals surface area (Å²) in [5.41, 5.74) is 2.68. The van der Waals surface area contributed by atoms with E-state index in [1.54, 1.807) is 36.9 Å². The zero-order valence-electron chi connectivity index (χ0n) is 18.2.